The highest BCUT2D eigenvalue weighted by Gasteiger charge is 2.55. The number of allylic oxidation sites excluding steroid dienone is 8. The predicted molar refractivity (Wildman–Crippen MR) is 131 cm³/mol. The van der Waals surface area contributed by atoms with E-state index in [4.69, 9.17) is 0 Å². The van der Waals surface area contributed by atoms with E-state index in [1.807, 2.05) is 11.1 Å². The summed E-state index contributed by atoms with van der Waals surface area (Å²) in [7, 11) is 0. The summed E-state index contributed by atoms with van der Waals surface area (Å²) < 4.78 is 0. The molecular formula is C29H48. The Bertz CT molecular complexity index is 654. The lowest BCUT2D eigenvalue weighted by Crippen LogP contribution is -2.39. The summed E-state index contributed by atoms with van der Waals surface area (Å²) in [6.45, 7) is 18.9. The van der Waals surface area contributed by atoms with Crippen LogP contribution in [0.5, 0.6) is 0 Å². The molecule has 2 aliphatic rings. The number of hydrogen-bond acceptors (Lipinski definition) is 0. The van der Waals surface area contributed by atoms with Gasteiger partial charge in [-0.3, -0.25) is 0 Å². The van der Waals surface area contributed by atoms with Crippen LogP contribution in [0.3, 0.4) is 0 Å². The molecule has 1 saturated carbocycles. The average Bonchev–Trinajstić information content (AvgIpc) is 2.97. The van der Waals surface area contributed by atoms with Crippen molar-refractivity contribution in [3.63, 3.8) is 0 Å². The Morgan fingerprint density at radius 3 is 2.41 bits per heavy atom. The molecule has 0 bridgehead atoms. The minimum atomic E-state index is 0.124. The van der Waals surface area contributed by atoms with Crippen molar-refractivity contribution in [2.45, 2.75) is 107 Å². The third-order valence-corrected chi connectivity index (χ3v) is 7.85. The molecule has 0 radical (unpaired) electrons. The number of fused-ring (bicyclic) bond motifs is 1. The van der Waals surface area contributed by atoms with E-state index in [-0.39, 0.29) is 10.8 Å². The molecule has 0 saturated heterocycles. The summed E-state index contributed by atoms with van der Waals surface area (Å²) in [5.74, 6) is 2.18. The largest absolute Gasteiger partial charge is 0.0908 e. The van der Waals surface area contributed by atoms with Gasteiger partial charge in [-0.15, -0.1) is 0 Å². The minimum absolute atomic E-state index is 0.124. The van der Waals surface area contributed by atoms with Crippen molar-refractivity contribution in [1.29, 1.82) is 0 Å². The summed E-state index contributed by atoms with van der Waals surface area (Å²) in [5.41, 5.74) is 5.69. The molecule has 164 valence electrons. The van der Waals surface area contributed by atoms with Gasteiger partial charge in [0.2, 0.25) is 0 Å². The first-order valence-corrected chi connectivity index (χ1v) is 12.5. The van der Waals surface area contributed by atoms with Crippen LogP contribution in [-0.4, -0.2) is 0 Å². The fourth-order valence-electron chi connectivity index (χ4n) is 6.94. The maximum atomic E-state index is 2.57. The van der Waals surface area contributed by atoms with Gasteiger partial charge in [-0.25, -0.2) is 0 Å². The quantitative estimate of drug-likeness (QED) is 0.340. The Morgan fingerprint density at radius 2 is 1.83 bits per heavy atom. The molecule has 0 amide bonds. The summed E-state index contributed by atoms with van der Waals surface area (Å²) in [6, 6.07) is 0. The van der Waals surface area contributed by atoms with E-state index in [1.54, 1.807) is 5.57 Å². The Balaban J connectivity index is 2.65. The van der Waals surface area contributed by atoms with Crippen LogP contribution in [-0.2, 0) is 0 Å². The fraction of sp³-hybridized carbons (Fsp3) is 0.724. The van der Waals surface area contributed by atoms with Crippen LogP contribution in [0, 0.1) is 28.6 Å². The van der Waals surface area contributed by atoms with E-state index in [1.165, 1.54) is 44.9 Å². The van der Waals surface area contributed by atoms with Gasteiger partial charge < -0.3 is 0 Å². The summed E-state index contributed by atoms with van der Waals surface area (Å²) in [4.78, 5) is 0. The second-order valence-corrected chi connectivity index (χ2v) is 10.2. The first kappa shape index (κ1) is 24.2. The highest BCUT2D eigenvalue weighted by molar-refractivity contribution is 5.43. The Morgan fingerprint density at radius 1 is 1.14 bits per heavy atom. The molecule has 0 spiro atoms. The summed E-state index contributed by atoms with van der Waals surface area (Å²) >= 11 is 0. The van der Waals surface area contributed by atoms with Crippen LogP contribution in [0.4, 0.5) is 0 Å². The molecule has 0 heteroatoms. The van der Waals surface area contributed by atoms with E-state index in [0.717, 1.165) is 18.3 Å². The molecule has 1 fully saturated rings. The van der Waals surface area contributed by atoms with Crippen LogP contribution < -0.4 is 0 Å². The van der Waals surface area contributed by atoms with E-state index < -0.39 is 0 Å². The van der Waals surface area contributed by atoms with E-state index >= 15 is 0 Å². The highest BCUT2D eigenvalue weighted by atomic mass is 14.6. The molecule has 0 N–H and O–H groups in total. The van der Waals surface area contributed by atoms with Gasteiger partial charge in [0.25, 0.3) is 0 Å². The van der Waals surface area contributed by atoms with E-state index in [0.29, 0.717) is 5.92 Å². The van der Waals surface area contributed by atoms with Gasteiger partial charge in [-0.2, -0.15) is 0 Å². The molecule has 4 atom stereocenters. The van der Waals surface area contributed by atoms with E-state index in [9.17, 15) is 0 Å². The van der Waals surface area contributed by atoms with Crippen LogP contribution in [0.2, 0.25) is 0 Å². The second kappa shape index (κ2) is 10.3. The fourth-order valence-corrected chi connectivity index (χ4v) is 6.94. The van der Waals surface area contributed by atoms with Crippen molar-refractivity contribution in [1.82, 2.24) is 0 Å². The van der Waals surface area contributed by atoms with Gasteiger partial charge in [-0.05, 0) is 63.7 Å². The lowest BCUT2D eigenvalue weighted by Gasteiger charge is -2.47. The van der Waals surface area contributed by atoms with Gasteiger partial charge in [0.05, 0.1) is 0 Å². The van der Waals surface area contributed by atoms with Gasteiger partial charge in [0.15, 0.2) is 0 Å². The first-order chi connectivity index (χ1) is 13.8. The van der Waals surface area contributed by atoms with Crippen molar-refractivity contribution in [2.24, 2.45) is 28.6 Å². The Hall–Kier alpha value is -1.04. The molecule has 4 unspecified atom stereocenters. The van der Waals surface area contributed by atoms with Crippen LogP contribution in [0.1, 0.15) is 107 Å². The number of hydrogen-bond donors (Lipinski definition) is 0. The topological polar surface area (TPSA) is 0 Å². The smallest absolute Gasteiger partial charge is 0.0214 e. The zero-order chi connectivity index (χ0) is 21.7. The zero-order valence-corrected chi connectivity index (χ0v) is 20.8. The van der Waals surface area contributed by atoms with Crippen LogP contribution >= 0.6 is 0 Å². The lowest BCUT2D eigenvalue weighted by molar-refractivity contribution is 0.134. The van der Waals surface area contributed by atoms with Gasteiger partial charge >= 0.3 is 0 Å². The lowest BCUT2D eigenvalue weighted by atomic mass is 9.57. The molecule has 2 rings (SSSR count). The SMILES string of the molecule is C/C=C\C(C)(C)/C=C\C(C)C1(/C(C)=C/CC)C(CC)=C(CCC)C2CCCCC21. The second-order valence-electron chi connectivity index (χ2n) is 10.2. The normalized spacial score (nSPS) is 29.9. The Kier molecular flexibility index (Phi) is 8.62. The maximum absolute atomic E-state index is 2.57. The maximum Gasteiger partial charge on any atom is 0.0214 e. The average molecular weight is 397 g/mol. The summed E-state index contributed by atoms with van der Waals surface area (Å²) in [5, 5.41) is 0. The predicted octanol–water partition coefficient (Wildman–Crippen LogP) is 9.45. The third-order valence-electron chi connectivity index (χ3n) is 7.85. The van der Waals surface area contributed by atoms with Crippen molar-refractivity contribution >= 4 is 0 Å². The van der Waals surface area contributed by atoms with Crippen molar-refractivity contribution in [2.75, 3.05) is 0 Å². The van der Waals surface area contributed by atoms with E-state index in [2.05, 4.69) is 85.8 Å². The number of rotatable bonds is 9. The van der Waals surface area contributed by atoms with Crippen molar-refractivity contribution < 1.29 is 0 Å². The first-order valence-electron chi connectivity index (χ1n) is 12.5. The summed E-state index contributed by atoms with van der Waals surface area (Å²) in [6.07, 6.45) is 22.7. The van der Waals surface area contributed by atoms with Crippen LogP contribution in [0.25, 0.3) is 0 Å². The molecule has 0 aliphatic heterocycles. The molecular weight excluding hydrogens is 348 g/mol. The molecule has 0 aromatic heterocycles. The van der Waals surface area contributed by atoms with Crippen LogP contribution in [0.15, 0.2) is 47.1 Å². The van der Waals surface area contributed by atoms with Crippen molar-refractivity contribution in [3.8, 4) is 0 Å². The zero-order valence-electron chi connectivity index (χ0n) is 20.8. The molecule has 2 aliphatic carbocycles. The molecule has 0 aromatic rings. The van der Waals surface area contributed by atoms with Gasteiger partial charge in [-0.1, -0.05) is 108 Å². The van der Waals surface area contributed by atoms with Crippen molar-refractivity contribution in [3.05, 3.63) is 47.1 Å². The minimum Gasteiger partial charge on any atom is -0.0908 e. The molecule has 0 heterocycles. The molecule has 0 nitrogen and oxygen atoms in total. The standard InChI is InChI=1S/C29H48/c1-9-15-22(5)29(23(6)19-21-28(7,8)20-11-3)26(12-4)24(16-10-2)25-17-13-14-18-27(25)29/h11,15,19-21,23,25,27H,9-10,12-14,16-18H2,1-8H3/b20-11-,21-19-,22-15+. The highest BCUT2D eigenvalue weighted by Crippen LogP contribution is 2.64. The Labute approximate surface area is 182 Å². The molecule has 0 aromatic carbocycles. The third kappa shape index (κ3) is 4.67. The van der Waals surface area contributed by atoms with Gasteiger partial charge in [0, 0.05) is 10.8 Å². The monoisotopic (exact) mass is 396 g/mol. The molecule has 29 heavy (non-hydrogen) atoms. The van der Waals surface area contributed by atoms with Gasteiger partial charge in [0.1, 0.15) is 0 Å².